The predicted molar refractivity (Wildman–Crippen MR) is 71.4 cm³/mol. The molecule has 0 aliphatic heterocycles. The first-order valence-electron chi connectivity index (χ1n) is 5.72. The van der Waals surface area contributed by atoms with E-state index in [1.165, 1.54) is 27.4 Å². The molecule has 20 heavy (non-hydrogen) atoms. The summed E-state index contributed by atoms with van der Waals surface area (Å²) in [5.74, 6) is -0.504. The zero-order chi connectivity index (χ0) is 15.1. The van der Waals surface area contributed by atoms with Crippen molar-refractivity contribution >= 4 is 17.3 Å². The number of esters is 1. The molecule has 1 aromatic rings. The van der Waals surface area contributed by atoms with E-state index in [0.29, 0.717) is 13.2 Å². The van der Waals surface area contributed by atoms with Gasteiger partial charge in [0.05, 0.1) is 25.7 Å². The van der Waals surface area contributed by atoms with Gasteiger partial charge in [0.1, 0.15) is 17.0 Å². The maximum atomic E-state index is 11.6. The molecule has 0 aliphatic carbocycles. The highest BCUT2D eigenvalue weighted by Gasteiger charge is 2.22. The van der Waals surface area contributed by atoms with Gasteiger partial charge in [0.2, 0.25) is 0 Å². The summed E-state index contributed by atoms with van der Waals surface area (Å²) in [5, 5.41) is 13.9. The lowest BCUT2D eigenvalue weighted by atomic mass is 10.1. The Morgan fingerprint density at radius 2 is 2.05 bits per heavy atom. The fourth-order valence-electron chi connectivity index (χ4n) is 1.59. The molecule has 0 aromatic heterocycles. The van der Waals surface area contributed by atoms with Crippen molar-refractivity contribution in [2.24, 2.45) is 0 Å². The summed E-state index contributed by atoms with van der Waals surface area (Å²) in [6.45, 7) is 0.774. The second-order valence-corrected chi connectivity index (χ2v) is 3.74. The first-order valence-corrected chi connectivity index (χ1v) is 5.72. The minimum atomic E-state index is -0.701. The summed E-state index contributed by atoms with van der Waals surface area (Å²) in [6, 6.07) is 2.51. The monoisotopic (exact) mass is 284 g/mol. The van der Waals surface area contributed by atoms with Crippen LogP contribution in [0.4, 0.5) is 11.4 Å². The summed E-state index contributed by atoms with van der Waals surface area (Å²) in [5.41, 5.74) is 0.0119. The maximum Gasteiger partial charge on any atom is 0.341 e. The zero-order valence-electron chi connectivity index (χ0n) is 11.5. The first-order chi connectivity index (χ1) is 9.54. The number of methoxy groups -OCH3 is 3. The SMILES string of the molecule is COCCNc1cc(OC)c(C(=O)OC)cc1[N+](=O)[O-]. The van der Waals surface area contributed by atoms with Gasteiger partial charge >= 0.3 is 5.97 Å². The van der Waals surface area contributed by atoms with Crippen molar-refractivity contribution in [3.63, 3.8) is 0 Å². The van der Waals surface area contributed by atoms with Gasteiger partial charge < -0.3 is 19.5 Å². The average molecular weight is 284 g/mol. The number of hydrogen-bond acceptors (Lipinski definition) is 7. The van der Waals surface area contributed by atoms with Crippen molar-refractivity contribution in [1.82, 2.24) is 0 Å². The third kappa shape index (κ3) is 3.58. The van der Waals surface area contributed by atoms with Crippen LogP contribution < -0.4 is 10.1 Å². The van der Waals surface area contributed by atoms with E-state index in [-0.39, 0.29) is 22.7 Å². The molecular formula is C12H16N2O6. The third-order valence-electron chi connectivity index (χ3n) is 2.54. The van der Waals surface area contributed by atoms with Gasteiger partial charge in [-0.2, -0.15) is 0 Å². The van der Waals surface area contributed by atoms with Crippen LogP contribution in [0.15, 0.2) is 12.1 Å². The molecule has 0 heterocycles. The number of nitrogens with zero attached hydrogens (tertiary/aromatic N) is 1. The molecule has 0 aliphatic rings. The number of carbonyl (C=O) groups excluding carboxylic acids is 1. The quantitative estimate of drug-likeness (QED) is 0.350. The lowest BCUT2D eigenvalue weighted by Crippen LogP contribution is -2.11. The van der Waals surface area contributed by atoms with Crippen molar-refractivity contribution in [2.45, 2.75) is 0 Å². The second kappa shape index (κ2) is 7.29. The molecule has 0 unspecified atom stereocenters. The number of nitrogens with one attached hydrogen (secondary N) is 1. The molecule has 110 valence electrons. The Morgan fingerprint density at radius 1 is 1.35 bits per heavy atom. The van der Waals surface area contributed by atoms with Crippen LogP contribution in [0.1, 0.15) is 10.4 Å². The summed E-state index contributed by atoms with van der Waals surface area (Å²) >= 11 is 0. The van der Waals surface area contributed by atoms with Gasteiger partial charge in [-0.3, -0.25) is 10.1 Å². The van der Waals surface area contributed by atoms with E-state index in [1.807, 2.05) is 0 Å². The van der Waals surface area contributed by atoms with Gasteiger partial charge in [0.15, 0.2) is 0 Å². The Morgan fingerprint density at radius 3 is 2.55 bits per heavy atom. The Balaban J connectivity index is 3.22. The molecule has 1 rings (SSSR count). The Bertz CT molecular complexity index is 503. The van der Waals surface area contributed by atoms with Gasteiger partial charge in [0.25, 0.3) is 5.69 Å². The molecule has 0 saturated heterocycles. The van der Waals surface area contributed by atoms with Gasteiger partial charge in [-0.25, -0.2) is 4.79 Å². The number of anilines is 1. The number of rotatable bonds is 7. The van der Waals surface area contributed by atoms with E-state index in [2.05, 4.69) is 10.1 Å². The fraction of sp³-hybridized carbons (Fsp3) is 0.417. The minimum Gasteiger partial charge on any atom is -0.496 e. The number of nitro groups is 1. The smallest absolute Gasteiger partial charge is 0.341 e. The third-order valence-corrected chi connectivity index (χ3v) is 2.54. The lowest BCUT2D eigenvalue weighted by Gasteiger charge is -2.11. The average Bonchev–Trinajstić information content (AvgIpc) is 2.45. The van der Waals surface area contributed by atoms with Crippen LogP contribution in [0, 0.1) is 10.1 Å². The number of hydrogen-bond donors (Lipinski definition) is 1. The summed E-state index contributed by atoms with van der Waals surface area (Å²) in [4.78, 5) is 22.1. The lowest BCUT2D eigenvalue weighted by molar-refractivity contribution is -0.384. The van der Waals surface area contributed by atoms with Crippen LogP contribution >= 0.6 is 0 Å². The second-order valence-electron chi connectivity index (χ2n) is 3.74. The summed E-state index contributed by atoms with van der Waals surface area (Å²) < 4.78 is 14.5. The molecule has 0 amide bonds. The standard InChI is InChI=1S/C12H16N2O6/c1-18-5-4-13-9-7-11(19-2)8(12(15)20-3)6-10(9)14(16)17/h6-7,13H,4-5H2,1-3H3. The highest BCUT2D eigenvalue weighted by molar-refractivity contribution is 5.94. The molecule has 0 radical (unpaired) electrons. The molecular weight excluding hydrogens is 268 g/mol. The van der Waals surface area contributed by atoms with E-state index in [0.717, 1.165) is 6.07 Å². The van der Waals surface area contributed by atoms with Crippen molar-refractivity contribution in [3.8, 4) is 5.75 Å². The molecule has 8 nitrogen and oxygen atoms in total. The van der Waals surface area contributed by atoms with E-state index in [9.17, 15) is 14.9 Å². The van der Waals surface area contributed by atoms with Gasteiger partial charge in [0, 0.05) is 25.8 Å². The number of nitro benzene ring substituents is 1. The van der Waals surface area contributed by atoms with Crippen molar-refractivity contribution in [1.29, 1.82) is 0 Å². The van der Waals surface area contributed by atoms with Crippen LogP contribution in [-0.2, 0) is 9.47 Å². The van der Waals surface area contributed by atoms with E-state index >= 15 is 0 Å². The molecule has 1 N–H and O–H groups in total. The zero-order valence-corrected chi connectivity index (χ0v) is 11.5. The molecule has 0 bridgehead atoms. The molecule has 0 atom stereocenters. The number of benzene rings is 1. The highest BCUT2D eigenvalue weighted by Crippen LogP contribution is 2.33. The molecule has 1 aromatic carbocycles. The Kier molecular flexibility index (Phi) is 5.73. The van der Waals surface area contributed by atoms with Gasteiger partial charge in [-0.05, 0) is 0 Å². The summed E-state index contributed by atoms with van der Waals surface area (Å²) in [6.07, 6.45) is 0. The minimum absolute atomic E-state index is 0.000934. The Hall–Kier alpha value is -2.35. The predicted octanol–water partition coefficient (Wildman–Crippen LogP) is 1.45. The number of carbonyl (C=O) groups is 1. The van der Waals surface area contributed by atoms with Crippen molar-refractivity contribution < 1.29 is 23.9 Å². The van der Waals surface area contributed by atoms with Crippen molar-refractivity contribution in [2.75, 3.05) is 39.8 Å². The summed E-state index contributed by atoms with van der Waals surface area (Å²) in [7, 11) is 4.09. The topological polar surface area (TPSA) is 99.9 Å². The normalized spacial score (nSPS) is 9.95. The maximum absolute atomic E-state index is 11.6. The van der Waals surface area contributed by atoms with Crippen LogP contribution in [0.2, 0.25) is 0 Å². The van der Waals surface area contributed by atoms with Crippen molar-refractivity contribution in [3.05, 3.63) is 27.8 Å². The molecule has 0 saturated carbocycles. The Labute approximate surface area is 115 Å². The van der Waals surface area contributed by atoms with Gasteiger partial charge in [-0.15, -0.1) is 0 Å². The highest BCUT2D eigenvalue weighted by atomic mass is 16.6. The van der Waals surface area contributed by atoms with E-state index in [1.54, 1.807) is 0 Å². The van der Waals surface area contributed by atoms with Crippen LogP contribution in [0.5, 0.6) is 5.75 Å². The largest absolute Gasteiger partial charge is 0.496 e. The fourth-order valence-corrected chi connectivity index (χ4v) is 1.59. The molecule has 8 heteroatoms. The van der Waals surface area contributed by atoms with Crippen LogP contribution in [0.3, 0.4) is 0 Å². The molecule has 0 fully saturated rings. The van der Waals surface area contributed by atoms with E-state index < -0.39 is 10.9 Å². The first kappa shape index (κ1) is 15.7. The number of ether oxygens (including phenoxy) is 3. The molecule has 0 spiro atoms. The van der Waals surface area contributed by atoms with Gasteiger partial charge in [-0.1, -0.05) is 0 Å². The van der Waals surface area contributed by atoms with E-state index in [4.69, 9.17) is 9.47 Å². The van der Waals surface area contributed by atoms with Crippen LogP contribution in [0.25, 0.3) is 0 Å². The van der Waals surface area contributed by atoms with Crippen LogP contribution in [-0.4, -0.2) is 45.4 Å².